The van der Waals surface area contributed by atoms with E-state index < -0.39 is 27.6 Å². The van der Waals surface area contributed by atoms with Crippen molar-refractivity contribution >= 4 is 21.6 Å². The first-order valence-corrected chi connectivity index (χ1v) is 10.1. The minimum absolute atomic E-state index is 0.0282. The Kier molecular flexibility index (Phi) is 6.05. The van der Waals surface area contributed by atoms with Crippen molar-refractivity contribution in [3.8, 4) is 0 Å². The maximum Gasteiger partial charge on any atom is 0.255 e. The molecular formula is C21H18F2N2O3S. The molecule has 1 amide bonds. The summed E-state index contributed by atoms with van der Waals surface area (Å²) >= 11 is 0. The SMILES string of the molecule is CN(Cc1ccccc1)S(=O)(=O)c1ccc(C(=O)Nc2ccc(F)cc2F)cc1. The molecule has 0 saturated heterocycles. The van der Waals surface area contributed by atoms with Gasteiger partial charge in [0.25, 0.3) is 5.91 Å². The number of nitrogens with zero attached hydrogens (tertiary/aromatic N) is 1. The second-order valence-electron chi connectivity index (χ2n) is 6.35. The maximum absolute atomic E-state index is 13.7. The van der Waals surface area contributed by atoms with Crippen LogP contribution < -0.4 is 5.32 Å². The van der Waals surface area contributed by atoms with E-state index in [0.29, 0.717) is 6.07 Å². The molecule has 0 aromatic heterocycles. The average molecular weight is 416 g/mol. The number of hydrogen-bond acceptors (Lipinski definition) is 3. The lowest BCUT2D eigenvalue weighted by atomic mass is 10.2. The molecular weight excluding hydrogens is 398 g/mol. The molecule has 0 aliphatic carbocycles. The Morgan fingerprint density at radius 2 is 1.62 bits per heavy atom. The van der Waals surface area contributed by atoms with Crippen molar-refractivity contribution in [1.82, 2.24) is 4.31 Å². The van der Waals surface area contributed by atoms with Gasteiger partial charge in [-0.1, -0.05) is 30.3 Å². The summed E-state index contributed by atoms with van der Waals surface area (Å²) in [6.45, 7) is 0.204. The van der Waals surface area contributed by atoms with Gasteiger partial charge in [0.2, 0.25) is 10.0 Å². The Bertz CT molecular complexity index is 1120. The molecule has 5 nitrogen and oxygen atoms in total. The molecule has 8 heteroatoms. The number of benzene rings is 3. The first-order valence-electron chi connectivity index (χ1n) is 8.64. The van der Waals surface area contributed by atoms with E-state index in [4.69, 9.17) is 0 Å². The average Bonchev–Trinajstić information content (AvgIpc) is 2.71. The monoisotopic (exact) mass is 416 g/mol. The first kappa shape index (κ1) is 20.6. The van der Waals surface area contributed by atoms with E-state index >= 15 is 0 Å². The van der Waals surface area contributed by atoms with E-state index in [1.54, 1.807) is 0 Å². The topological polar surface area (TPSA) is 66.5 Å². The molecule has 0 fully saturated rings. The van der Waals surface area contributed by atoms with Crippen LogP contribution in [0.3, 0.4) is 0 Å². The largest absolute Gasteiger partial charge is 0.319 e. The van der Waals surface area contributed by atoms with E-state index in [1.165, 1.54) is 35.6 Å². The van der Waals surface area contributed by atoms with Gasteiger partial charge in [0.05, 0.1) is 10.6 Å². The van der Waals surface area contributed by atoms with Crippen molar-refractivity contribution in [2.45, 2.75) is 11.4 Å². The molecule has 0 heterocycles. The zero-order valence-electron chi connectivity index (χ0n) is 15.5. The Hall–Kier alpha value is -3.10. The predicted molar refractivity (Wildman–Crippen MR) is 106 cm³/mol. The van der Waals surface area contributed by atoms with E-state index in [1.807, 2.05) is 30.3 Å². The van der Waals surface area contributed by atoms with Crippen LogP contribution in [0.4, 0.5) is 14.5 Å². The van der Waals surface area contributed by atoms with Crippen molar-refractivity contribution in [2.75, 3.05) is 12.4 Å². The normalized spacial score (nSPS) is 11.4. The fourth-order valence-electron chi connectivity index (χ4n) is 2.67. The zero-order valence-corrected chi connectivity index (χ0v) is 16.3. The number of carbonyl (C=O) groups excluding carboxylic acids is 1. The van der Waals surface area contributed by atoms with E-state index in [-0.39, 0.29) is 22.7 Å². The zero-order chi connectivity index (χ0) is 21.0. The van der Waals surface area contributed by atoms with Crippen molar-refractivity contribution in [2.24, 2.45) is 0 Å². The standard InChI is InChI=1S/C21H18F2N2O3S/c1-25(14-15-5-3-2-4-6-15)29(27,28)18-10-7-16(8-11-18)21(26)24-20-12-9-17(22)13-19(20)23/h2-13H,14H2,1H3,(H,24,26). The molecule has 0 spiro atoms. The number of rotatable bonds is 6. The lowest BCUT2D eigenvalue weighted by molar-refractivity contribution is 0.102. The van der Waals surface area contributed by atoms with Crippen LogP contribution in [-0.2, 0) is 16.6 Å². The molecule has 0 aliphatic heterocycles. The third-order valence-electron chi connectivity index (χ3n) is 4.25. The Morgan fingerprint density at radius 3 is 2.24 bits per heavy atom. The predicted octanol–water partition coefficient (Wildman–Crippen LogP) is 4.04. The number of hydrogen-bond donors (Lipinski definition) is 1. The van der Waals surface area contributed by atoms with Crippen LogP contribution in [0.1, 0.15) is 15.9 Å². The van der Waals surface area contributed by atoms with E-state index in [2.05, 4.69) is 5.32 Å². The van der Waals surface area contributed by atoms with Crippen molar-refractivity contribution in [3.05, 3.63) is 95.6 Å². The van der Waals surface area contributed by atoms with Crippen molar-refractivity contribution in [3.63, 3.8) is 0 Å². The summed E-state index contributed by atoms with van der Waals surface area (Å²) in [5.74, 6) is -2.30. The van der Waals surface area contributed by atoms with Gasteiger partial charge in [0.1, 0.15) is 11.6 Å². The van der Waals surface area contributed by atoms with Gasteiger partial charge >= 0.3 is 0 Å². The van der Waals surface area contributed by atoms with Crippen LogP contribution >= 0.6 is 0 Å². The van der Waals surface area contributed by atoms with Crippen LogP contribution in [0.15, 0.2) is 77.7 Å². The Morgan fingerprint density at radius 1 is 0.966 bits per heavy atom. The highest BCUT2D eigenvalue weighted by molar-refractivity contribution is 7.89. The fourth-order valence-corrected chi connectivity index (χ4v) is 3.83. The summed E-state index contributed by atoms with van der Waals surface area (Å²) in [5.41, 5.74) is 0.810. The molecule has 3 aromatic rings. The van der Waals surface area contributed by atoms with Gasteiger partial charge in [-0.15, -0.1) is 0 Å². The van der Waals surface area contributed by atoms with Crippen LogP contribution in [-0.4, -0.2) is 25.7 Å². The molecule has 150 valence electrons. The van der Waals surface area contributed by atoms with Crippen LogP contribution in [0, 0.1) is 11.6 Å². The van der Waals surface area contributed by atoms with Gasteiger partial charge in [0, 0.05) is 25.2 Å². The van der Waals surface area contributed by atoms with Gasteiger partial charge in [-0.25, -0.2) is 17.2 Å². The molecule has 3 rings (SSSR count). The molecule has 0 bridgehead atoms. The molecule has 0 unspecified atom stereocenters. The highest BCUT2D eigenvalue weighted by atomic mass is 32.2. The summed E-state index contributed by atoms with van der Waals surface area (Å²) in [7, 11) is -2.28. The number of halogens is 2. The quantitative estimate of drug-likeness (QED) is 0.660. The van der Waals surface area contributed by atoms with Crippen LogP contribution in [0.25, 0.3) is 0 Å². The fraction of sp³-hybridized carbons (Fsp3) is 0.0952. The molecule has 1 N–H and O–H groups in total. The number of nitrogens with one attached hydrogen (secondary N) is 1. The Labute approximate surface area is 167 Å². The van der Waals surface area contributed by atoms with Gasteiger partial charge in [-0.05, 0) is 42.0 Å². The summed E-state index contributed by atoms with van der Waals surface area (Å²) in [6.07, 6.45) is 0. The summed E-state index contributed by atoms with van der Waals surface area (Å²) < 4.78 is 53.3. The first-order chi connectivity index (χ1) is 13.8. The third kappa shape index (κ3) is 4.85. The number of anilines is 1. The van der Waals surface area contributed by atoms with Gasteiger partial charge in [-0.2, -0.15) is 4.31 Å². The Balaban J connectivity index is 1.73. The van der Waals surface area contributed by atoms with Crippen LogP contribution in [0.2, 0.25) is 0 Å². The summed E-state index contributed by atoms with van der Waals surface area (Å²) in [4.78, 5) is 12.3. The highest BCUT2D eigenvalue weighted by Crippen LogP contribution is 2.19. The maximum atomic E-state index is 13.7. The van der Waals surface area contributed by atoms with Gasteiger partial charge in [-0.3, -0.25) is 4.79 Å². The number of carbonyl (C=O) groups is 1. The smallest absolute Gasteiger partial charge is 0.255 e. The van der Waals surface area contributed by atoms with Gasteiger partial charge < -0.3 is 5.32 Å². The van der Waals surface area contributed by atoms with Gasteiger partial charge in [0.15, 0.2) is 0 Å². The second kappa shape index (κ2) is 8.50. The van der Waals surface area contributed by atoms with Crippen LogP contribution in [0.5, 0.6) is 0 Å². The van der Waals surface area contributed by atoms with E-state index in [0.717, 1.165) is 17.7 Å². The molecule has 29 heavy (non-hydrogen) atoms. The molecule has 0 atom stereocenters. The molecule has 3 aromatic carbocycles. The highest BCUT2D eigenvalue weighted by Gasteiger charge is 2.21. The minimum Gasteiger partial charge on any atom is -0.319 e. The molecule has 0 aliphatic rings. The molecule has 0 radical (unpaired) electrons. The third-order valence-corrected chi connectivity index (χ3v) is 6.07. The lowest BCUT2D eigenvalue weighted by Crippen LogP contribution is -2.26. The number of sulfonamides is 1. The molecule has 0 saturated carbocycles. The number of amides is 1. The van der Waals surface area contributed by atoms with E-state index in [9.17, 15) is 22.0 Å². The lowest BCUT2D eigenvalue weighted by Gasteiger charge is -2.17. The van der Waals surface area contributed by atoms with Crippen molar-refractivity contribution in [1.29, 1.82) is 0 Å². The summed E-state index contributed by atoms with van der Waals surface area (Å²) in [5, 5.41) is 2.33. The second-order valence-corrected chi connectivity index (χ2v) is 8.39. The van der Waals surface area contributed by atoms with Crippen molar-refractivity contribution < 1.29 is 22.0 Å². The summed E-state index contributed by atoms with van der Waals surface area (Å²) in [6, 6.07) is 17.2. The minimum atomic E-state index is -3.75.